The molecule has 0 bridgehead atoms. The number of carbonyl (C=O) groups is 1. The zero-order valence-corrected chi connectivity index (χ0v) is 11.0. The van der Waals surface area contributed by atoms with Crippen molar-refractivity contribution in [3.63, 3.8) is 0 Å². The molecule has 0 unspecified atom stereocenters. The first kappa shape index (κ1) is 15.7. The molecule has 110 valence electrons. The molecule has 0 atom stereocenters. The molecule has 3 N–H and O–H groups in total. The number of nitrogens with zero attached hydrogens (tertiary/aromatic N) is 1. The monoisotopic (exact) mass is 304 g/mol. The molecule has 0 saturated carbocycles. The van der Waals surface area contributed by atoms with Crippen LogP contribution >= 0.6 is 0 Å². The summed E-state index contributed by atoms with van der Waals surface area (Å²) in [6, 6.07) is 2.90. The number of nitro groups is 1. The molecule has 10 heteroatoms. The van der Waals surface area contributed by atoms with Crippen molar-refractivity contribution in [2.75, 3.05) is 10.5 Å². The molecule has 0 aliphatic heterocycles. The summed E-state index contributed by atoms with van der Waals surface area (Å²) in [6.45, 7) is 0. The fourth-order valence-electron chi connectivity index (χ4n) is 1.35. The van der Waals surface area contributed by atoms with Crippen molar-refractivity contribution in [1.82, 2.24) is 0 Å². The normalized spacial score (nSPS) is 11.0. The largest absolute Gasteiger partial charge is 0.506 e. The molecule has 0 aromatic heterocycles. The van der Waals surface area contributed by atoms with Crippen LogP contribution in [0.15, 0.2) is 18.2 Å². The van der Waals surface area contributed by atoms with Gasteiger partial charge >= 0.3 is 5.97 Å². The summed E-state index contributed by atoms with van der Waals surface area (Å²) in [5.74, 6) is -2.06. The van der Waals surface area contributed by atoms with Gasteiger partial charge in [0.05, 0.1) is 16.4 Å². The maximum absolute atomic E-state index is 11.6. The summed E-state index contributed by atoms with van der Waals surface area (Å²) in [5, 5.41) is 28.4. The minimum atomic E-state index is -3.89. The van der Waals surface area contributed by atoms with Crippen LogP contribution in [0.5, 0.6) is 5.75 Å². The second-order valence-corrected chi connectivity index (χ2v) is 5.72. The van der Waals surface area contributed by atoms with Gasteiger partial charge in [-0.05, 0) is 12.5 Å². The van der Waals surface area contributed by atoms with Crippen LogP contribution in [0.4, 0.5) is 11.4 Å². The van der Waals surface area contributed by atoms with E-state index in [0.717, 1.165) is 18.2 Å². The average Bonchev–Trinajstić information content (AvgIpc) is 2.30. The van der Waals surface area contributed by atoms with Crippen LogP contribution in [0.2, 0.25) is 0 Å². The topological polar surface area (TPSA) is 147 Å². The first-order valence-corrected chi connectivity index (χ1v) is 7.06. The van der Waals surface area contributed by atoms with Crippen molar-refractivity contribution in [2.24, 2.45) is 0 Å². The molecule has 1 rings (SSSR count). The lowest BCUT2D eigenvalue weighted by atomic mass is 10.2. The number of phenolic OH excluding ortho intramolecular Hbond substituents is 1. The van der Waals surface area contributed by atoms with Gasteiger partial charge in [-0.3, -0.25) is 19.6 Å². The van der Waals surface area contributed by atoms with Crippen LogP contribution < -0.4 is 4.72 Å². The molecule has 20 heavy (non-hydrogen) atoms. The van der Waals surface area contributed by atoms with Crippen LogP contribution in [0.3, 0.4) is 0 Å². The quantitative estimate of drug-likeness (QED) is 0.385. The number of phenols is 1. The van der Waals surface area contributed by atoms with E-state index in [1.165, 1.54) is 0 Å². The smallest absolute Gasteiger partial charge is 0.303 e. The summed E-state index contributed by atoms with van der Waals surface area (Å²) in [7, 11) is -3.89. The van der Waals surface area contributed by atoms with Gasteiger partial charge in [0.1, 0.15) is 5.75 Å². The number of rotatable bonds is 7. The zero-order valence-electron chi connectivity index (χ0n) is 10.1. The predicted molar refractivity (Wildman–Crippen MR) is 69.0 cm³/mol. The SMILES string of the molecule is O=C(O)CCCS(=O)(=O)Nc1cc([N+](=O)[O-])ccc1O. The summed E-state index contributed by atoms with van der Waals surface area (Å²) in [6.07, 6.45) is -0.428. The van der Waals surface area contributed by atoms with E-state index < -0.39 is 32.4 Å². The standard InChI is InChI=1S/C10H12N2O7S/c13-9-4-3-7(12(16)17)6-8(9)11-20(18,19)5-1-2-10(14)15/h3-4,6,11,13H,1-2,5H2,(H,14,15). The van der Waals surface area contributed by atoms with Gasteiger partial charge in [0, 0.05) is 18.6 Å². The highest BCUT2D eigenvalue weighted by Crippen LogP contribution is 2.28. The van der Waals surface area contributed by atoms with Gasteiger partial charge in [0.2, 0.25) is 10.0 Å². The third-order valence-electron chi connectivity index (χ3n) is 2.26. The zero-order chi connectivity index (χ0) is 15.3. The Balaban J connectivity index is 2.83. The van der Waals surface area contributed by atoms with Gasteiger partial charge in [-0.25, -0.2) is 8.42 Å². The molecule has 1 aromatic rings. The Hall–Kier alpha value is -2.36. The predicted octanol–water partition coefficient (Wildman–Crippen LogP) is 0.907. The molecule has 0 spiro atoms. The van der Waals surface area contributed by atoms with E-state index in [9.17, 15) is 28.4 Å². The number of nitro benzene ring substituents is 1. The Morgan fingerprint density at radius 3 is 2.60 bits per heavy atom. The summed E-state index contributed by atoms with van der Waals surface area (Å²) >= 11 is 0. The number of aliphatic carboxylic acids is 1. The van der Waals surface area contributed by atoms with Crippen LogP contribution in [-0.2, 0) is 14.8 Å². The molecule has 0 aliphatic rings. The fraction of sp³-hybridized carbons (Fsp3) is 0.300. The lowest BCUT2D eigenvalue weighted by Gasteiger charge is -2.08. The lowest BCUT2D eigenvalue weighted by Crippen LogP contribution is -2.17. The first-order valence-electron chi connectivity index (χ1n) is 5.41. The Morgan fingerprint density at radius 1 is 1.40 bits per heavy atom. The molecule has 0 heterocycles. The first-order chi connectivity index (χ1) is 9.21. The van der Waals surface area contributed by atoms with Crippen molar-refractivity contribution in [1.29, 1.82) is 0 Å². The van der Waals surface area contributed by atoms with E-state index in [0.29, 0.717) is 0 Å². The van der Waals surface area contributed by atoms with Crippen molar-refractivity contribution in [3.8, 4) is 5.75 Å². The van der Waals surface area contributed by atoms with E-state index in [1.54, 1.807) is 0 Å². The van der Waals surface area contributed by atoms with E-state index >= 15 is 0 Å². The molecular formula is C10H12N2O7S. The lowest BCUT2D eigenvalue weighted by molar-refractivity contribution is -0.384. The Bertz CT molecular complexity index is 626. The Morgan fingerprint density at radius 2 is 2.05 bits per heavy atom. The van der Waals surface area contributed by atoms with Gasteiger partial charge in [0.25, 0.3) is 5.69 Å². The molecule has 1 aromatic carbocycles. The third-order valence-corrected chi connectivity index (χ3v) is 3.62. The number of benzene rings is 1. The molecule has 0 fully saturated rings. The van der Waals surface area contributed by atoms with E-state index in [4.69, 9.17) is 5.11 Å². The van der Waals surface area contributed by atoms with Crippen LogP contribution in [0.1, 0.15) is 12.8 Å². The maximum Gasteiger partial charge on any atom is 0.303 e. The van der Waals surface area contributed by atoms with E-state index in [-0.39, 0.29) is 24.2 Å². The molecule has 0 radical (unpaired) electrons. The van der Waals surface area contributed by atoms with Gasteiger partial charge in [-0.15, -0.1) is 0 Å². The average molecular weight is 304 g/mol. The minimum Gasteiger partial charge on any atom is -0.506 e. The van der Waals surface area contributed by atoms with Crippen molar-refractivity contribution in [2.45, 2.75) is 12.8 Å². The van der Waals surface area contributed by atoms with Gasteiger partial charge in [-0.2, -0.15) is 0 Å². The number of carboxylic acids is 1. The second kappa shape index (κ2) is 6.19. The highest BCUT2D eigenvalue weighted by molar-refractivity contribution is 7.92. The van der Waals surface area contributed by atoms with Gasteiger partial charge in [0.15, 0.2) is 0 Å². The number of nitrogens with one attached hydrogen (secondary N) is 1. The van der Waals surface area contributed by atoms with Crippen molar-refractivity contribution >= 4 is 27.4 Å². The molecule has 9 nitrogen and oxygen atoms in total. The van der Waals surface area contributed by atoms with E-state index in [2.05, 4.69) is 0 Å². The van der Waals surface area contributed by atoms with Crippen LogP contribution in [-0.4, -0.2) is 35.3 Å². The number of hydrogen-bond acceptors (Lipinski definition) is 6. The Kier molecular flexibility index (Phi) is 4.86. The number of anilines is 1. The summed E-state index contributed by atoms with van der Waals surface area (Å²) in [5.41, 5.74) is -0.708. The van der Waals surface area contributed by atoms with Crippen molar-refractivity contribution < 1.29 is 28.3 Å². The molecule has 0 saturated heterocycles. The van der Waals surface area contributed by atoms with E-state index in [1.807, 2.05) is 4.72 Å². The van der Waals surface area contributed by atoms with Crippen LogP contribution in [0, 0.1) is 10.1 Å². The summed E-state index contributed by atoms with van der Waals surface area (Å²) in [4.78, 5) is 20.1. The number of carboxylic acid groups (broad SMARTS) is 1. The highest BCUT2D eigenvalue weighted by Gasteiger charge is 2.16. The Labute approximate surface area is 114 Å². The molecule has 0 aliphatic carbocycles. The third kappa shape index (κ3) is 4.72. The van der Waals surface area contributed by atoms with Gasteiger partial charge in [-0.1, -0.05) is 0 Å². The second-order valence-electron chi connectivity index (χ2n) is 3.88. The van der Waals surface area contributed by atoms with Gasteiger partial charge < -0.3 is 10.2 Å². The highest BCUT2D eigenvalue weighted by atomic mass is 32.2. The summed E-state index contributed by atoms with van der Waals surface area (Å²) < 4.78 is 25.2. The number of aromatic hydroxyl groups is 1. The maximum atomic E-state index is 11.6. The number of non-ortho nitro benzene ring substituents is 1. The molecular weight excluding hydrogens is 292 g/mol. The van der Waals surface area contributed by atoms with Crippen molar-refractivity contribution in [3.05, 3.63) is 28.3 Å². The fourth-order valence-corrected chi connectivity index (χ4v) is 2.48. The number of hydrogen-bond donors (Lipinski definition) is 3. The molecule has 0 amide bonds. The number of sulfonamides is 1. The van der Waals surface area contributed by atoms with Crippen LogP contribution in [0.25, 0.3) is 0 Å². The minimum absolute atomic E-state index is 0.111.